The third kappa shape index (κ3) is 2.83. The van der Waals surface area contributed by atoms with Crippen molar-refractivity contribution in [2.75, 3.05) is 30.4 Å². The fraction of sp³-hybridized carbons (Fsp3) is 0.500. The van der Waals surface area contributed by atoms with E-state index in [1.54, 1.807) is 0 Å². The second-order valence-electron chi connectivity index (χ2n) is 3.10. The summed E-state index contributed by atoms with van der Waals surface area (Å²) < 4.78 is 0.831. The Kier molecular flexibility index (Phi) is 4.99. The summed E-state index contributed by atoms with van der Waals surface area (Å²) in [7, 11) is 1.81. The van der Waals surface area contributed by atoms with E-state index < -0.39 is 0 Å². The second-order valence-corrected chi connectivity index (χ2v) is 3.89. The van der Waals surface area contributed by atoms with Crippen molar-refractivity contribution in [2.24, 2.45) is 0 Å². The Morgan fingerprint density at radius 1 is 1.56 bits per heavy atom. The Bertz CT molecular complexity index is 387. The highest BCUT2D eigenvalue weighted by molar-refractivity contribution is 9.10. The number of anilines is 2. The number of rotatable bonds is 5. The van der Waals surface area contributed by atoms with Gasteiger partial charge in [0.25, 0.3) is 0 Å². The summed E-state index contributed by atoms with van der Waals surface area (Å²) in [6, 6.07) is 2.13. The van der Waals surface area contributed by atoms with E-state index in [2.05, 4.69) is 37.3 Å². The predicted octanol–water partition coefficient (Wildman–Crippen LogP) is 2.02. The highest BCUT2D eigenvalue weighted by Crippen LogP contribution is 2.28. The Balaban J connectivity index is 2.96. The predicted molar refractivity (Wildman–Crippen MR) is 67.4 cm³/mol. The van der Waals surface area contributed by atoms with E-state index in [9.17, 15) is 0 Å². The van der Waals surface area contributed by atoms with Gasteiger partial charge in [-0.2, -0.15) is 5.26 Å². The van der Waals surface area contributed by atoms with Gasteiger partial charge in [-0.25, -0.2) is 9.97 Å². The molecule has 0 aliphatic heterocycles. The number of nitrogens with one attached hydrogen (secondary N) is 1. The molecule has 0 aromatic carbocycles. The first-order valence-corrected chi connectivity index (χ1v) is 5.84. The van der Waals surface area contributed by atoms with Gasteiger partial charge in [-0.3, -0.25) is 0 Å². The zero-order chi connectivity index (χ0) is 12.0. The molecule has 6 heteroatoms. The maximum Gasteiger partial charge on any atom is 0.148 e. The summed E-state index contributed by atoms with van der Waals surface area (Å²) in [5.41, 5.74) is 0. The molecule has 86 valence electrons. The van der Waals surface area contributed by atoms with E-state index in [0.29, 0.717) is 13.0 Å². The maximum atomic E-state index is 8.59. The lowest BCUT2D eigenvalue weighted by molar-refractivity contribution is 0.805. The fourth-order valence-corrected chi connectivity index (χ4v) is 2.01. The Morgan fingerprint density at radius 2 is 2.31 bits per heavy atom. The average molecular weight is 284 g/mol. The van der Waals surface area contributed by atoms with Gasteiger partial charge in [-0.05, 0) is 22.9 Å². The van der Waals surface area contributed by atoms with Crippen LogP contribution in [0.1, 0.15) is 13.3 Å². The standard InChI is InChI=1S/C10H14BrN5/c1-3-16(6-4-5-12)10-8(11)9(13-2)14-7-15-10/h7H,3-4,6H2,1-2H3,(H,13,14,15). The van der Waals surface area contributed by atoms with E-state index in [-0.39, 0.29) is 0 Å². The number of halogens is 1. The molecule has 0 bridgehead atoms. The smallest absolute Gasteiger partial charge is 0.148 e. The third-order valence-electron chi connectivity index (χ3n) is 2.18. The van der Waals surface area contributed by atoms with Crippen molar-refractivity contribution in [1.29, 1.82) is 5.26 Å². The molecule has 1 aromatic heterocycles. The molecule has 1 aromatic rings. The minimum absolute atomic E-state index is 0.485. The van der Waals surface area contributed by atoms with E-state index in [1.807, 2.05) is 18.9 Å². The molecule has 0 atom stereocenters. The number of nitriles is 1. The van der Waals surface area contributed by atoms with Crippen LogP contribution in [0.2, 0.25) is 0 Å². The van der Waals surface area contributed by atoms with Crippen LogP contribution in [-0.4, -0.2) is 30.1 Å². The van der Waals surface area contributed by atoms with Crippen molar-refractivity contribution in [3.05, 3.63) is 10.8 Å². The second kappa shape index (κ2) is 6.28. The SMILES string of the molecule is CCN(CCC#N)c1ncnc(NC)c1Br. The molecule has 16 heavy (non-hydrogen) atoms. The third-order valence-corrected chi connectivity index (χ3v) is 2.91. The summed E-state index contributed by atoms with van der Waals surface area (Å²) >= 11 is 3.46. The van der Waals surface area contributed by atoms with Crippen LogP contribution in [0.15, 0.2) is 10.8 Å². The molecule has 1 rings (SSSR count). The first kappa shape index (κ1) is 12.7. The molecule has 0 fully saturated rings. The number of hydrogen-bond acceptors (Lipinski definition) is 5. The maximum absolute atomic E-state index is 8.59. The molecule has 1 heterocycles. The van der Waals surface area contributed by atoms with E-state index in [4.69, 9.17) is 5.26 Å². The van der Waals surface area contributed by atoms with Crippen LogP contribution in [0.3, 0.4) is 0 Å². The van der Waals surface area contributed by atoms with Crippen LogP contribution in [0, 0.1) is 11.3 Å². The lowest BCUT2D eigenvalue weighted by Crippen LogP contribution is -2.25. The van der Waals surface area contributed by atoms with Crippen molar-refractivity contribution in [1.82, 2.24) is 9.97 Å². The van der Waals surface area contributed by atoms with Crippen molar-refractivity contribution < 1.29 is 0 Å². The molecule has 0 unspecified atom stereocenters. The molecule has 0 aliphatic rings. The van der Waals surface area contributed by atoms with Crippen LogP contribution in [-0.2, 0) is 0 Å². The molecule has 5 nitrogen and oxygen atoms in total. The van der Waals surface area contributed by atoms with Gasteiger partial charge in [0.05, 0.1) is 12.5 Å². The normalized spacial score (nSPS) is 9.62. The topological polar surface area (TPSA) is 64.8 Å². The Labute approximate surface area is 104 Å². The summed E-state index contributed by atoms with van der Waals surface area (Å²) in [6.07, 6.45) is 2.00. The molecule has 0 saturated heterocycles. The summed E-state index contributed by atoms with van der Waals surface area (Å²) in [4.78, 5) is 10.4. The summed E-state index contributed by atoms with van der Waals surface area (Å²) in [5, 5.41) is 11.6. The van der Waals surface area contributed by atoms with Crippen molar-refractivity contribution in [3.8, 4) is 6.07 Å². The Hall–Kier alpha value is -1.35. The lowest BCUT2D eigenvalue weighted by Gasteiger charge is -2.22. The monoisotopic (exact) mass is 283 g/mol. The average Bonchev–Trinajstić information content (AvgIpc) is 2.32. The van der Waals surface area contributed by atoms with Gasteiger partial charge < -0.3 is 10.2 Å². The number of aromatic nitrogens is 2. The molecule has 0 saturated carbocycles. The Morgan fingerprint density at radius 3 is 2.88 bits per heavy atom. The zero-order valence-corrected chi connectivity index (χ0v) is 11.0. The van der Waals surface area contributed by atoms with E-state index in [1.165, 1.54) is 6.33 Å². The van der Waals surface area contributed by atoms with E-state index in [0.717, 1.165) is 22.7 Å². The molecule has 0 aliphatic carbocycles. The highest BCUT2D eigenvalue weighted by Gasteiger charge is 2.13. The molecule has 0 amide bonds. The van der Waals surface area contributed by atoms with Crippen LogP contribution in [0.25, 0.3) is 0 Å². The largest absolute Gasteiger partial charge is 0.372 e. The quantitative estimate of drug-likeness (QED) is 0.896. The zero-order valence-electron chi connectivity index (χ0n) is 9.37. The molecular formula is C10H14BrN5. The van der Waals surface area contributed by atoms with Crippen molar-refractivity contribution in [3.63, 3.8) is 0 Å². The minimum atomic E-state index is 0.485. The number of nitrogens with zero attached hydrogens (tertiary/aromatic N) is 4. The lowest BCUT2D eigenvalue weighted by atomic mass is 10.3. The fourth-order valence-electron chi connectivity index (χ4n) is 1.35. The van der Waals surface area contributed by atoms with Gasteiger partial charge in [-0.15, -0.1) is 0 Å². The molecular weight excluding hydrogens is 270 g/mol. The van der Waals surface area contributed by atoms with Crippen LogP contribution < -0.4 is 10.2 Å². The van der Waals surface area contributed by atoms with Gasteiger partial charge in [0.15, 0.2) is 0 Å². The van der Waals surface area contributed by atoms with Crippen molar-refractivity contribution >= 4 is 27.6 Å². The first-order chi connectivity index (χ1) is 7.74. The molecule has 0 spiro atoms. The van der Waals surface area contributed by atoms with Crippen LogP contribution >= 0.6 is 15.9 Å². The van der Waals surface area contributed by atoms with Gasteiger partial charge >= 0.3 is 0 Å². The molecule has 1 N–H and O–H groups in total. The van der Waals surface area contributed by atoms with Gasteiger partial charge in [0, 0.05) is 20.1 Å². The summed E-state index contributed by atoms with van der Waals surface area (Å²) in [6.45, 7) is 3.51. The van der Waals surface area contributed by atoms with Gasteiger partial charge in [0.1, 0.15) is 22.4 Å². The summed E-state index contributed by atoms with van der Waals surface area (Å²) in [5.74, 6) is 1.57. The first-order valence-electron chi connectivity index (χ1n) is 5.04. The van der Waals surface area contributed by atoms with E-state index >= 15 is 0 Å². The minimum Gasteiger partial charge on any atom is -0.372 e. The van der Waals surface area contributed by atoms with Gasteiger partial charge in [0.2, 0.25) is 0 Å². The highest BCUT2D eigenvalue weighted by atomic mass is 79.9. The van der Waals surface area contributed by atoms with Crippen LogP contribution in [0.4, 0.5) is 11.6 Å². The molecule has 0 radical (unpaired) electrons. The van der Waals surface area contributed by atoms with Crippen molar-refractivity contribution in [2.45, 2.75) is 13.3 Å². The van der Waals surface area contributed by atoms with Gasteiger partial charge in [-0.1, -0.05) is 0 Å². The van der Waals surface area contributed by atoms with Crippen LogP contribution in [0.5, 0.6) is 0 Å². The number of hydrogen-bond donors (Lipinski definition) is 1.